The van der Waals surface area contributed by atoms with Gasteiger partial charge in [0.15, 0.2) is 0 Å². The molecule has 2 aromatic carbocycles. The molecule has 1 aliphatic carbocycles. The Hall–Kier alpha value is -1.59. The first-order valence-electron chi connectivity index (χ1n) is 8.02. The van der Waals surface area contributed by atoms with Gasteiger partial charge in [-0.3, -0.25) is 4.31 Å². The van der Waals surface area contributed by atoms with Gasteiger partial charge in [0.2, 0.25) is 0 Å². The monoisotopic (exact) mass is 405 g/mol. The maximum Gasteiger partial charge on any atom is 0.264 e. The smallest absolute Gasteiger partial charge is 0.258 e. The van der Waals surface area contributed by atoms with E-state index in [1.807, 2.05) is 49.4 Å². The summed E-state index contributed by atoms with van der Waals surface area (Å²) in [7, 11) is -3.64. The van der Waals surface area contributed by atoms with Crippen LogP contribution in [0.25, 0.3) is 0 Å². The van der Waals surface area contributed by atoms with Gasteiger partial charge in [-0.05, 0) is 66.4 Å². The van der Waals surface area contributed by atoms with Crippen molar-refractivity contribution in [2.24, 2.45) is 0 Å². The van der Waals surface area contributed by atoms with Crippen LogP contribution in [-0.4, -0.2) is 14.5 Å². The summed E-state index contributed by atoms with van der Waals surface area (Å²) in [6, 6.07) is 14.3. The Morgan fingerprint density at radius 1 is 1.08 bits per heavy atom. The second-order valence-corrected chi connectivity index (χ2v) is 8.66. The van der Waals surface area contributed by atoms with Crippen molar-refractivity contribution in [1.29, 1.82) is 0 Å². The van der Waals surface area contributed by atoms with E-state index >= 15 is 0 Å². The molecule has 0 amide bonds. The Labute approximate surface area is 152 Å². The van der Waals surface area contributed by atoms with Crippen LogP contribution in [0.3, 0.4) is 0 Å². The van der Waals surface area contributed by atoms with Crippen molar-refractivity contribution in [1.82, 2.24) is 0 Å². The highest BCUT2D eigenvalue weighted by molar-refractivity contribution is 9.10. The molecule has 0 aliphatic heterocycles. The number of nitrogens with zero attached hydrogens (tertiary/aromatic N) is 1. The number of aryl methyl sites for hydroxylation is 1. The molecule has 5 heteroatoms. The molecule has 0 spiro atoms. The lowest BCUT2D eigenvalue weighted by Crippen LogP contribution is -2.40. The van der Waals surface area contributed by atoms with E-state index in [0.717, 1.165) is 29.3 Å². The van der Waals surface area contributed by atoms with Crippen molar-refractivity contribution in [3.05, 3.63) is 70.7 Å². The van der Waals surface area contributed by atoms with Crippen molar-refractivity contribution in [2.75, 3.05) is 4.31 Å². The fourth-order valence-electron chi connectivity index (χ4n) is 2.93. The number of halogens is 1. The largest absolute Gasteiger partial charge is 0.264 e. The molecular weight excluding hydrogens is 386 g/mol. The predicted octanol–water partition coefficient (Wildman–Crippen LogP) is 5.06. The number of rotatable bonds is 4. The van der Waals surface area contributed by atoms with E-state index in [4.69, 9.17) is 0 Å². The fourth-order valence-corrected chi connectivity index (χ4v) is 5.18. The summed E-state index contributed by atoms with van der Waals surface area (Å²) in [6.07, 6.45) is 6.90. The number of allylic oxidation sites excluding steroid dienone is 1. The van der Waals surface area contributed by atoms with Crippen LogP contribution in [0.4, 0.5) is 5.69 Å². The average molecular weight is 406 g/mol. The first-order chi connectivity index (χ1) is 11.5. The summed E-state index contributed by atoms with van der Waals surface area (Å²) in [5.74, 6) is 0. The molecule has 0 saturated heterocycles. The van der Waals surface area contributed by atoms with Gasteiger partial charge in [-0.2, -0.15) is 0 Å². The number of hydrogen-bond donors (Lipinski definition) is 0. The van der Waals surface area contributed by atoms with Crippen LogP contribution >= 0.6 is 15.9 Å². The Morgan fingerprint density at radius 3 is 2.42 bits per heavy atom. The molecule has 126 valence electrons. The zero-order chi connectivity index (χ0) is 17.2. The first kappa shape index (κ1) is 17.2. The number of anilines is 1. The minimum atomic E-state index is -3.64. The van der Waals surface area contributed by atoms with Crippen molar-refractivity contribution < 1.29 is 8.42 Å². The average Bonchev–Trinajstić information content (AvgIpc) is 2.58. The van der Waals surface area contributed by atoms with Crippen molar-refractivity contribution in [3.63, 3.8) is 0 Å². The third-order valence-corrected chi connectivity index (χ3v) is 6.72. The van der Waals surface area contributed by atoms with Gasteiger partial charge >= 0.3 is 0 Å². The molecule has 0 N–H and O–H groups in total. The van der Waals surface area contributed by atoms with E-state index in [0.29, 0.717) is 10.6 Å². The molecule has 2 aromatic rings. The molecule has 0 fully saturated rings. The molecule has 0 heterocycles. The lowest BCUT2D eigenvalue weighted by molar-refractivity contribution is 0.571. The topological polar surface area (TPSA) is 37.4 Å². The van der Waals surface area contributed by atoms with E-state index in [1.54, 1.807) is 16.4 Å². The standard InChI is InChI=1S/C19H20BrNO2S/c1-15-11-13-17(14-12-15)24(22,23)21(16-7-3-2-4-8-16)19-10-6-5-9-18(19)20/h3,5-7,9-14,16H,2,4,8H2,1H3. The zero-order valence-electron chi connectivity index (χ0n) is 13.5. The van der Waals surface area contributed by atoms with E-state index in [-0.39, 0.29) is 6.04 Å². The van der Waals surface area contributed by atoms with Gasteiger partial charge in [0, 0.05) is 4.47 Å². The Bertz CT molecular complexity index is 844. The highest BCUT2D eigenvalue weighted by Gasteiger charge is 2.32. The zero-order valence-corrected chi connectivity index (χ0v) is 15.9. The molecule has 0 saturated carbocycles. The summed E-state index contributed by atoms with van der Waals surface area (Å²) < 4.78 is 29.1. The van der Waals surface area contributed by atoms with Crippen LogP contribution in [0.5, 0.6) is 0 Å². The van der Waals surface area contributed by atoms with Crippen LogP contribution in [0, 0.1) is 6.92 Å². The Balaban J connectivity index is 2.13. The fraction of sp³-hybridized carbons (Fsp3) is 0.263. The van der Waals surface area contributed by atoms with Gasteiger partial charge in [-0.25, -0.2) is 8.42 Å². The van der Waals surface area contributed by atoms with Gasteiger partial charge in [-0.1, -0.05) is 42.0 Å². The van der Waals surface area contributed by atoms with Crippen LogP contribution in [-0.2, 0) is 10.0 Å². The summed E-state index contributed by atoms with van der Waals surface area (Å²) in [6.45, 7) is 1.95. The minimum Gasteiger partial charge on any atom is -0.258 e. The molecule has 3 rings (SSSR count). The van der Waals surface area contributed by atoms with E-state index < -0.39 is 10.0 Å². The molecule has 0 bridgehead atoms. The molecule has 24 heavy (non-hydrogen) atoms. The number of para-hydroxylation sites is 1. The third-order valence-electron chi connectivity index (χ3n) is 4.20. The van der Waals surface area contributed by atoms with E-state index in [1.165, 1.54) is 0 Å². The van der Waals surface area contributed by atoms with Crippen LogP contribution in [0.15, 0.2) is 70.1 Å². The van der Waals surface area contributed by atoms with Gasteiger partial charge in [0.1, 0.15) is 0 Å². The number of sulfonamides is 1. The summed E-state index contributed by atoms with van der Waals surface area (Å²) in [5, 5.41) is 0. The molecule has 1 aliphatic rings. The second-order valence-electron chi connectivity index (χ2n) is 5.99. The van der Waals surface area contributed by atoms with Gasteiger partial charge in [0.05, 0.1) is 16.6 Å². The van der Waals surface area contributed by atoms with Gasteiger partial charge in [-0.15, -0.1) is 0 Å². The van der Waals surface area contributed by atoms with Gasteiger partial charge in [0.25, 0.3) is 10.0 Å². The molecule has 0 aromatic heterocycles. The molecular formula is C19H20BrNO2S. The molecule has 1 unspecified atom stereocenters. The lowest BCUT2D eigenvalue weighted by atomic mass is 10.0. The van der Waals surface area contributed by atoms with Crippen molar-refractivity contribution >= 4 is 31.6 Å². The molecule has 0 radical (unpaired) electrons. The molecule has 3 nitrogen and oxygen atoms in total. The molecule has 1 atom stereocenters. The normalized spacial score (nSPS) is 17.7. The van der Waals surface area contributed by atoms with Gasteiger partial charge < -0.3 is 0 Å². The quantitative estimate of drug-likeness (QED) is 0.666. The van der Waals surface area contributed by atoms with Crippen molar-refractivity contribution in [3.8, 4) is 0 Å². The lowest BCUT2D eigenvalue weighted by Gasteiger charge is -2.33. The van der Waals surface area contributed by atoms with Crippen LogP contribution in [0.1, 0.15) is 24.8 Å². The summed E-state index contributed by atoms with van der Waals surface area (Å²) in [4.78, 5) is 0.322. The maximum absolute atomic E-state index is 13.4. The minimum absolute atomic E-state index is 0.163. The highest BCUT2D eigenvalue weighted by atomic mass is 79.9. The van der Waals surface area contributed by atoms with E-state index in [2.05, 4.69) is 22.0 Å². The Kier molecular flexibility index (Phi) is 5.11. The SMILES string of the molecule is Cc1ccc(S(=O)(=O)N(c2ccccc2Br)C2C=CCCC2)cc1. The number of benzene rings is 2. The maximum atomic E-state index is 13.4. The Morgan fingerprint density at radius 2 is 1.79 bits per heavy atom. The van der Waals surface area contributed by atoms with Crippen LogP contribution < -0.4 is 4.31 Å². The highest BCUT2D eigenvalue weighted by Crippen LogP contribution is 2.35. The van der Waals surface area contributed by atoms with Crippen LogP contribution in [0.2, 0.25) is 0 Å². The predicted molar refractivity (Wildman–Crippen MR) is 102 cm³/mol. The summed E-state index contributed by atoms with van der Waals surface area (Å²) >= 11 is 3.51. The van der Waals surface area contributed by atoms with Crippen molar-refractivity contribution in [2.45, 2.75) is 37.1 Å². The third kappa shape index (κ3) is 3.42. The first-order valence-corrected chi connectivity index (χ1v) is 10.3. The van der Waals surface area contributed by atoms with E-state index in [9.17, 15) is 8.42 Å². The summed E-state index contributed by atoms with van der Waals surface area (Å²) in [5.41, 5.74) is 1.72. The second kappa shape index (κ2) is 7.11. The number of hydrogen-bond acceptors (Lipinski definition) is 2.